The Morgan fingerprint density at radius 2 is 1.89 bits per heavy atom. The van der Waals surface area contributed by atoms with E-state index in [1.807, 2.05) is 0 Å². The molecule has 1 heterocycles. The largest absolute Gasteiger partial charge is 0.232 e. The van der Waals surface area contributed by atoms with Crippen LogP contribution in [-0.2, 0) is 6.42 Å². The molecular formula is C13H10Cl3IN2. The highest BCUT2D eigenvalue weighted by Crippen LogP contribution is 2.30. The first-order valence-corrected chi connectivity index (χ1v) is 7.91. The molecular weight excluding hydrogens is 417 g/mol. The third kappa shape index (κ3) is 3.51. The van der Waals surface area contributed by atoms with Crippen molar-refractivity contribution in [2.45, 2.75) is 19.8 Å². The fourth-order valence-corrected chi connectivity index (χ4v) is 2.85. The molecule has 1 aromatic heterocycles. The molecule has 2 aromatic rings. The van der Waals surface area contributed by atoms with Gasteiger partial charge < -0.3 is 0 Å². The van der Waals surface area contributed by atoms with Crippen molar-refractivity contribution in [2.75, 3.05) is 0 Å². The lowest BCUT2D eigenvalue weighted by molar-refractivity contribution is 0.867. The second-order valence-corrected chi connectivity index (χ2v) is 6.25. The van der Waals surface area contributed by atoms with Gasteiger partial charge in [0, 0.05) is 10.6 Å². The number of rotatable bonds is 3. The number of aromatic nitrogens is 2. The Morgan fingerprint density at radius 3 is 2.53 bits per heavy atom. The first-order chi connectivity index (χ1) is 9.02. The van der Waals surface area contributed by atoms with Crippen LogP contribution in [0.3, 0.4) is 0 Å². The van der Waals surface area contributed by atoms with Crippen molar-refractivity contribution >= 4 is 57.4 Å². The van der Waals surface area contributed by atoms with Crippen molar-refractivity contribution in [1.82, 2.24) is 9.97 Å². The molecule has 0 fully saturated rings. The molecule has 0 atom stereocenters. The van der Waals surface area contributed by atoms with E-state index in [4.69, 9.17) is 34.8 Å². The summed E-state index contributed by atoms with van der Waals surface area (Å²) in [5.41, 5.74) is 1.69. The van der Waals surface area contributed by atoms with Crippen molar-refractivity contribution in [1.29, 1.82) is 0 Å². The predicted molar refractivity (Wildman–Crippen MR) is 89.2 cm³/mol. The summed E-state index contributed by atoms with van der Waals surface area (Å²) in [6.45, 7) is 2.10. The van der Waals surface area contributed by atoms with E-state index in [1.54, 1.807) is 18.2 Å². The maximum atomic E-state index is 6.18. The van der Waals surface area contributed by atoms with Crippen LogP contribution in [0.5, 0.6) is 0 Å². The Kier molecular flexibility index (Phi) is 5.29. The smallest absolute Gasteiger partial charge is 0.162 e. The normalized spacial score (nSPS) is 10.8. The molecule has 0 bridgehead atoms. The van der Waals surface area contributed by atoms with Gasteiger partial charge in [0.1, 0.15) is 5.15 Å². The van der Waals surface area contributed by atoms with Gasteiger partial charge in [-0.15, -0.1) is 0 Å². The average Bonchev–Trinajstić information content (AvgIpc) is 2.35. The third-order valence-electron chi connectivity index (χ3n) is 2.54. The summed E-state index contributed by atoms with van der Waals surface area (Å²) >= 11 is 20.4. The van der Waals surface area contributed by atoms with Gasteiger partial charge in [0.25, 0.3) is 0 Å². The van der Waals surface area contributed by atoms with Gasteiger partial charge in [-0.25, -0.2) is 9.97 Å². The van der Waals surface area contributed by atoms with Crippen LogP contribution >= 0.6 is 57.4 Å². The Balaban J connectivity index is 2.56. The monoisotopic (exact) mass is 426 g/mol. The number of benzene rings is 1. The minimum atomic E-state index is 0.458. The molecule has 0 radical (unpaired) electrons. The maximum Gasteiger partial charge on any atom is 0.162 e. The first-order valence-electron chi connectivity index (χ1n) is 5.70. The Hall–Kier alpha value is -0.100. The van der Waals surface area contributed by atoms with Crippen LogP contribution in [0.15, 0.2) is 18.2 Å². The van der Waals surface area contributed by atoms with Crippen LogP contribution in [-0.4, -0.2) is 9.97 Å². The number of hydrogen-bond donors (Lipinski definition) is 0. The van der Waals surface area contributed by atoms with Crippen molar-refractivity contribution in [3.63, 3.8) is 0 Å². The van der Waals surface area contributed by atoms with Gasteiger partial charge in [-0.3, -0.25) is 0 Å². The fourth-order valence-electron chi connectivity index (χ4n) is 1.66. The van der Waals surface area contributed by atoms with E-state index in [9.17, 15) is 0 Å². The quantitative estimate of drug-likeness (QED) is 0.467. The molecule has 0 spiro atoms. The van der Waals surface area contributed by atoms with Crippen molar-refractivity contribution in [3.8, 4) is 11.4 Å². The highest BCUT2D eigenvalue weighted by atomic mass is 127. The Bertz CT molecular complexity index is 617. The lowest BCUT2D eigenvalue weighted by atomic mass is 10.2. The third-order valence-corrected chi connectivity index (χ3v) is 4.81. The zero-order valence-electron chi connectivity index (χ0n) is 10.1. The number of aryl methyl sites for hydroxylation is 1. The lowest BCUT2D eigenvalue weighted by Crippen LogP contribution is -2.01. The fraction of sp³-hybridized carbons (Fsp3) is 0.231. The van der Waals surface area contributed by atoms with Crippen LogP contribution < -0.4 is 0 Å². The van der Waals surface area contributed by atoms with Crippen molar-refractivity contribution < 1.29 is 0 Å². The molecule has 2 nitrogen and oxygen atoms in total. The molecule has 0 aliphatic rings. The van der Waals surface area contributed by atoms with Crippen LogP contribution in [0.4, 0.5) is 0 Å². The van der Waals surface area contributed by atoms with Gasteiger partial charge in [-0.2, -0.15) is 0 Å². The van der Waals surface area contributed by atoms with Crippen LogP contribution in [0.2, 0.25) is 15.2 Å². The van der Waals surface area contributed by atoms with E-state index in [0.29, 0.717) is 21.0 Å². The second-order valence-electron chi connectivity index (χ2n) is 3.97. The first kappa shape index (κ1) is 15.3. The molecule has 0 saturated heterocycles. The molecule has 0 amide bonds. The molecule has 0 N–H and O–H groups in total. The zero-order valence-corrected chi connectivity index (χ0v) is 14.5. The molecule has 19 heavy (non-hydrogen) atoms. The van der Waals surface area contributed by atoms with Gasteiger partial charge >= 0.3 is 0 Å². The molecule has 1 aromatic carbocycles. The van der Waals surface area contributed by atoms with Crippen molar-refractivity contribution in [3.05, 3.63) is 42.7 Å². The van der Waals surface area contributed by atoms with Gasteiger partial charge in [0.15, 0.2) is 5.82 Å². The van der Waals surface area contributed by atoms with E-state index >= 15 is 0 Å². The molecule has 100 valence electrons. The maximum absolute atomic E-state index is 6.18. The molecule has 0 saturated carbocycles. The lowest BCUT2D eigenvalue weighted by Gasteiger charge is -2.09. The van der Waals surface area contributed by atoms with Crippen LogP contribution in [0, 0.1) is 3.57 Å². The van der Waals surface area contributed by atoms with E-state index in [-0.39, 0.29) is 0 Å². The predicted octanol–water partition coefficient (Wildman–Crippen LogP) is 5.66. The minimum absolute atomic E-state index is 0.458. The number of hydrogen-bond acceptors (Lipinski definition) is 2. The molecule has 2 rings (SSSR count). The number of nitrogens with zero attached hydrogens (tertiary/aromatic N) is 2. The summed E-state index contributed by atoms with van der Waals surface area (Å²) in [5.74, 6) is 0.538. The van der Waals surface area contributed by atoms with E-state index < -0.39 is 0 Å². The van der Waals surface area contributed by atoms with Gasteiger partial charge in [-0.05, 0) is 47.2 Å². The highest BCUT2D eigenvalue weighted by molar-refractivity contribution is 14.1. The average molecular weight is 428 g/mol. The number of halogens is 4. The van der Waals surface area contributed by atoms with Gasteiger partial charge in [-0.1, -0.05) is 48.1 Å². The standard InChI is InChI=1S/C13H10Cl3IN2/c1-2-3-10-11(17)12(16)19-13(18-10)8-5-4-7(14)6-9(8)15/h4-6H,2-3H2,1H3. The summed E-state index contributed by atoms with van der Waals surface area (Å²) in [6, 6.07) is 5.24. The van der Waals surface area contributed by atoms with E-state index in [0.717, 1.165) is 27.7 Å². The molecule has 0 aliphatic heterocycles. The van der Waals surface area contributed by atoms with Crippen LogP contribution in [0.25, 0.3) is 11.4 Å². The summed E-state index contributed by atoms with van der Waals surface area (Å²) in [5, 5.41) is 1.56. The highest BCUT2D eigenvalue weighted by Gasteiger charge is 2.13. The van der Waals surface area contributed by atoms with Gasteiger partial charge in [0.2, 0.25) is 0 Å². The summed E-state index contributed by atoms with van der Waals surface area (Å²) < 4.78 is 0.898. The molecule has 6 heteroatoms. The second kappa shape index (κ2) is 6.57. The minimum Gasteiger partial charge on any atom is -0.232 e. The SMILES string of the molecule is CCCc1nc(-c2ccc(Cl)cc2Cl)nc(Cl)c1I. The Labute approximate surface area is 140 Å². The van der Waals surface area contributed by atoms with Gasteiger partial charge in [0.05, 0.1) is 14.3 Å². The van der Waals surface area contributed by atoms with Crippen molar-refractivity contribution in [2.24, 2.45) is 0 Å². The van der Waals surface area contributed by atoms with Crippen LogP contribution in [0.1, 0.15) is 19.0 Å². The van der Waals surface area contributed by atoms with E-state index in [1.165, 1.54) is 0 Å². The molecule has 0 unspecified atom stereocenters. The van der Waals surface area contributed by atoms with E-state index in [2.05, 4.69) is 39.5 Å². The topological polar surface area (TPSA) is 25.8 Å². The zero-order chi connectivity index (χ0) is 14.0. The summed E-state index contributed by atoms with van der Waals surface area (Å²) in [7, 11) is 0. The Morgan fingerprint density at radius 1 is 1.16 bits per heavy atom. The molecule has 0 aliphatic carbocycles. The summed E-state index contributed by atoms with van der Waals surface area (Å²) in [6.07, 6.45) is 1.86. The summed E-state index contributed by atoms with van der Waals surface area (Å²) in [4.78, 5) is 8.85.